The fourth-order valence-corrected chi connectivity index (χ4v) is 1.92. The summed E-state index contributed by atoms with van der Waals surface area (Å²) in [5, 5.41) is 0. The Morgan fingerprint density at radius 2 is 1.62 bits per heavy atom. The van der Waals surface area contributed by atoms with Gasteiger partial charge in [0.15, 0.2) is 11.6 Å². The van der Waals surface area contributed by atoms with Crippen LogP contribution in [-0.4, -0.2) is 13.1 Å². The van der Waals surface area contributed by atoms with Crippen molar-refractivity contribution in [2.75, 3.05) is 7.11 Å². The lowest BCUT2D eigenvalue weighted by Crippen LogP contribution is -1.95. The number of rotatable bonds is 3. The van der Waals surface area contributed by atoms with E-state index in [1.54, 1.807) is 19.1 Å². The van der Waals surface area contributed by atoms with Crippen LogP contribution in [0.3, 0.4) is 0 Å². The second kappa shape index (κ2) is 6.31. The molecule has 0 saturated carbocycles. The lowest BCUT2D eigenvalue weighted by molar-refractivity contribution is -0.134. The number of hydrogen-bond donors (Lipinski definition) is 0. The Morgan fingerprint density at radius 1 is 1.00 bits per heavy atom. The first-order valence-electron chi connectivity index (χ1n) is 6.33. The van der Waals surface area contributed by atoms with Gasteiger partial charge in [0.1, 0.15) is 0 Å². The van der Waals surface area contributed by atoms with Gasteiger partial charge in [-0.2, -0.15) is 0 Å². The minimum absolute atomic E-state index is 0.419. The number of hydrogen-bond acceptors (Lipinski definition) is 2. The van der Waals surface area contributed by atoms with Crippen LogP contribution in [0.1, 0.15) is 12.5 Å². The van der Waals surface area contributed by atoms with E-state index in [0.717, 1.165) is 28.8 Å². The summed E-state index contributed by atoms with van der Waals surface area (Å²) in [6.07, 6.45) is 1.40. The van der Waals surface area contributed by atoms with Gasteiger partial charge >= 0.3 is 5.97 Å². The number of carbonyl (C=O) groups excluding carboxylic acids is 1. The van der Waals surface area contributed by atoms with Crippen molar-refractivity contribution in [1.82, 2.24) is 0 Å². The van der Waals surface area contributed by atoms with Gasteiger partial charge in [-0.15, -0.1) is 0 Å². The SMILES string of the molecule is COC(=O)/C=C(\C)c1ccc(-c2ccc(F)c(F)c2)cc1. The molecule has 0 amide bonds. The number of allylic oxidation sites excluding steroid dienone is 1. The van der Waals surface area contributed by atoms with Crippen LogP contribution in [0.4, 0.5) is 8.78 Å². The standard InChI is InChI=1S/C17H14F2O2/c1-11(9-17(20)21-2)12-3-5-13(6-4-12)14-7-8-15(18)16(19)10-14/h3-10H,1-2H3/b11-9+. The molecule has 4 heteroatoms. The van der Waals surface area contributed by atoms with Gasteiger partial charge in [0.05, 0.1) is 7.11 Å². The van der Waals surface area contributed by atoms with E-state index in [9.17, 15) is 13.6 Å². The van der Waals surface area contributed by atoms with Gasteiger partial charge in [-0.1, -0.05) is 30.3 Å². The molecule has 0 aliphatic heterocycles. The van der Waals surface area contributed by atoms with Crippen LogP contribution in [0.2, 0.25) is 0 Å². The van der Waals surface area contributed by atoms with Crippen molar-refractivity contribution in [2.24, 2.45) is 0 Å². The van der Waals surface area contributed by atoms with Crippen molar-refractivity contribution in [3.8, 4) is 11.1 Å². The second-order valence-electron chi connectivity index (χ2n) is 4.56. The third-order valence-electron chi connectivity index (χ3n) is 3.13. The highest BCUT2D eigenvalue weighted by molar-refractivity contribution is 5.90. The second-order valence-corrected chi connectivity index (χ2v) is 4.56. The molecule has 0 N–H and O–H groups in total. The zero-order valence-electron chi connectivity index (χ0n) is 11.7. The predicted octanol–water partition coefficient (Wildman–Crippen LogP) is 4.21. The van der Waals surface area contributed by atoms with Crippen molar-refractivity contribution < 1.29 is 18.3 Å². The highest BCUT2D eigenvalue weighted by atomic mass is 19.2. The van der Waals surface area contributed by atoms with Crippen molar-refractivity contribution in [2.45, 2.75) is 6.92 Å². The molecule has 0 radical (unpaired) electrons. The smallest absolute Gasteiger partial charge is 0.330 e. The van der Waals surface area contributed by atoms with E-state index in [4.69, 9.17) is 0 Å². The molecule has 0 spiro atoms. The first kappa shape index (κ1) is 14.9. The summed E-state index contributed by atoms with van der Waals surface area (Å²) in [4.78, 5) is 11.2. The van der Waals surface area contributed by atoms with Crippen LogP contribution < -0.4 is 0 Å². The zero-order valence-corrected chi connectivity index (χ0v) is 11.7. The molecule has 2 aromatic rings. The van der Waals surface area contributed by atoms with Gasteiger partial charge in [0.2, 0.25) is 0 Å². The van der Waals surface area contributed by atoms with Crippen molar-refractivity contribution in [3.63, 3.8) is 0 Å². The number of ether oxygens (including phenoxy) is 1. The first-order valence-corrected chi connectivity index (χ1v) is 6.33. The van der Waals surface area contributed by atoms with E-state index in [1.807, 2.05) is 12.1 Å². The number of carbonyl (C=O) groups is 1. The largest absolute Gasteiger partial charge is 0.466 e. The molecular formula is C17H14F2O2. The van der Waals surface area contributed by atoms with Crippen molar-refractivity contribution in [3.05, 3.63) is 65.7 Å². The molecule has 0 aliphatic rings. The van der Waals surface area contributed by atoms with Gasteiger partial charge in [-0.25, -0.2) is 13.6 Å². The summed E-state index contributed by atoms with van der Waals surface area (Å²) < 4.78 is 30.7. The third kappa shape index (κ3) is 3.54. The van der Waals surface area contributed by atoms with E-state index < -0.39 is 17.6 Å². The molecule has 21 heavy (non-hydrogen) atoms. The van der Waals surface area contributed by atoms with Gasteiger partial charge in [0.25, 0.3) is 0 Å². The normalized spacial score (nSPS) is 11.3. The Hall–Kier alpha value is -2.49. The maximum absolute atomic E-state index is 13.2. The van der Waals surface area contributed by atoms with Crippen LogP contribution >= 0.6 is 0 Å². The van der Waals surface area contributed by atoms with Crippen LogP contribution in [0, 0.1) is 11.6 Å². The summed E-state index contributed by atoms with van der Waals surface area (Å²) in [5.74, 6) is -2.16. The van der Waals surface area contributed by atoms with E-state index in [0.29, 0.717) is 5.56 Å². The Bertz CT molecular complexity index is 688. The van der Waals surface area contributed by atoms with Crippen LogP contribution in [0.15, 0.2) is 48.5 Å². The third-order valence-corrected chi connectivity index (χ3v) is 3.13. The van der Waals surface area contributed by atoms with Crippen molar-refractivity contribution in [1.29, 1.82) is 0 Å². The summed E-state index contributed by atoms with van der Waals surface area (Å²) in [6, 6.07) is 11.0. The molecule has 0 fully saturated rings. The van der Waals surface area contributed by atoms with E-state index in [-0.39, 0.29) is 0 Å². The summed E-state index contributed by atoms with van der Waals surface area (Å²) >= 11 is 0. The highest BCUT2D eigenvalue weighted by Crippen LogP contribution is 2.24. The Labute approximate surface area is 121 Å². The molecule has 0 aromatic heterocycles. The average molecular weight is 288 g/mol. The first-order chi connectivity index (χ1) is 10.0. The van der Waals surface area contributed by atoms with E-state index in [1.165, 1.54) is 19.3 Å². The van der Waals surface area contributed by atoms with Gasteiger partial charge in [0, 0.05) is 6.08 Å². The topological polar surface area (TPSA) is 26.3 Å². The molecule has 0 saturated heterocycles. The molecule has 2 rings (SSSR count). The molecule has 0 atom stereocenters. The van der Waals surface area contributed by atoms with E-state index >= 15 is 0 Å². The van der Waals surface area contributed by atoms with Crippen molar-refractivity contribution >= 4 is 11.5 Å². The van der Waals surface area contributed by atoms with E-state index in [2.05, 4.69) is 4.74 Å². The molecule has 0 heterocycles. The minimum Gasteiger partial charge on any atom is -0.466 e. The molecule has 2 aromatic carbocycles. The monoisotopic (exact) mass is 288 g/mol. The molecule has 0 aliphatic carbocycles. The van der Waals surface area contributed by atoms with Gasteiger partial charge in [-0.05, 0) is 41.3 Å². The number of halogens is 2. The lowest BCUT2D eigenvalue weighted by Gasteiger charge is -2.05. The fourth-order valence-electron chi connectivity index (χ4n) is 1.92. The molecular weight excluding hydrogens is 274 g/mol. The highest BCUT2D eigenvalue weighted by Gasteiger charge is 2.05. The summed E-state index contributed by atoms with van der Waals surface area (Å²) in [5.41, 5.74) is 2.98. The number of benzene rings is 2. The Balaban J connectivity index is 2.28. The zero-order chi connectivity index (χ0) is 15.4. The number of methoxy groups -OCH3 is 1. The maximum Gasteiger partial charge on any atom is 0.330 e. The lowest BCUT2D eigenvalue weighted by atomic mass is 10.0. The van der Waals surface area contributed by atoms with Crippen LogP contribution in [0.25, 0.3) is 16.7 Å². The molecule has 2 nitrogen and oxygen atoms in total. The fraction of sp³-hybridized carbons (Fsp3) is 0.118. The minimum atomic E-state index is -0.877. The van der Waals surface area contributed by atoms with Gasteiger partial charge < -0.3 is 4.74 Å². The van der Waals surface area contributed by atoms with Crippen LogP contribution in [-0.2, 0) is 9.53 Å². The predicted molar refractivity (Wildman–Crippen MR) is 77.5 cm³/mol. The number of esters is 1. The molecule has 0 bridgehead atoms. The maximum atomic E-state index is 13.2. The summed E-state index contributed by atoms with van der Waals surface area (Å²) in [6.45, 7) is 1.80. The quantitative estimate of drug-likeness (QED) is 0.624. The molecule has 0 unspecified atom stereocenters. The van der Waals surface area contributed by atoms with Gasteiger partial charge in [-0.3, -0.25) is 0 Å². The Morgan fingerprint density at radius 3 is 2.19 bits per heavy atom. The Kier molecular flexibility index (Phi) is 4.48. The van der Waals surface area contributed by atoms with Crippen LogP contribution in [0.5, 0.6) is 0 Å². The average Bonchev–Trinajstić information content (AvgIpc) is 2.50. The summed E-state index contributed by atoms with van der Waals surface area (Å²) in [7, 11) is 1.32. The molecule has 108 valence electrons.